The van der Waals surface area contributed by atoms with E-state index in [2.05, 4.69) is 20.6 Å². The van der Waals surface area contributed by atoms with Gasteiger partial charge in [0.1, 0.15) is 0 Å². The molecule has 0 aliphatic carbocycles. The highest BCUT2D eigenvalue weighted by molar-refractivity contribution is 5.62. The van der Waals surface area contributed by atoms with Crippen molar-refractivity contribution in [2.45, 2.75) is 13.3 Å². The molecule has 0 spiro atoms. The largest absolute Gasteiger partial charge is 0.454 e. The normalized spacial score (nSPS) is 12.3. The van der Waals surface area contributed by atoms with Crippen LogP contribution in [0.25, 0.3) is 0 Å². The number of anilines is 3. The zero-order chi connectivity index (χ0) is 14.7. The number of hydrogen-bond acceptors (Lipinski definition) is 6. The maximum absolute atomic E-state index is 13.8. The molecule has 2 heterocycles. The van der Waals surface area contributed by atoms with Gasteiger partial charge in [-0.3, -0.25) is 0 Å². The zero-order valence-corrected chi connectivity index (χ0v) is 11.5. The fraction of sp³-hybridized carbons (Fsp3) is 0.286. The molecule has 110 valence electrons. The molecule has 0 bridgehead atoms. The van der Waals surface area contributed by atoms with Crippen LogP contribution in [0, 0.1) is 5.82 Å². The SMILES string of the molecule is CCCNc1ncc(F)c(Nc2ccc3c(c2)OCO3)n1. The van der Waals surface area contributed by atoms with Crippen molar-refractivity contribution in [3.8, 4) is 11.5 Å². The lowest BCUT2D eigenvalue weighted by atomic mass is 10.3. The van der Waals surface area contributed by atoms with Gasteiger partial charge in [0.15, 0.2) is 23.1 Å². The highest BCUT2D eigenvalue weighted by atomic mass is 19.1. The van der Waals surface area contributed by atoms with Crippen LogP contribution in [0.1, 0.15) is 13.3 Å². The predicted octanol–water partition coefficient (Wildman–Crippen LogP) is 2.91. The van der Waals surface area contributed by atoms with E-state index in [9.17, 15) is 4.39 Å². The van der Waals surface area contributed by atoms with Gasteiger partial charge < -0.3 is 20.1 Å². The minimum Gasteiger partial charge on any atom is -0.454 e. The Balaban J connectivity index is 1.80. The van der Waals surface area contributed by atoms with E-state index in [0.29, 0.717) is 23.1 Å². The van der Waals surface area contributed by atoms with E-state index in [-0.39, 0.29) is 12.6 Å². The van der Waals surface area contributed by atoms with Crippen molar-refractivity contribution in [1.82, 2.24) is 9.97 Å². The zero-order valence-electron chi connectivity index (χ0n) is 11.5. The van der Waals surface area contributed by atoms with Gasteiger partial charge in [0.25, 0.3) is 0 Å². The second-order valence-corrected chi connectivity index (χ2v) is 4.51. The number of fused-ring (bicyclic) bond motifs is 1. The van der Waals surface area contributed by atoms with Gasteiger partial charge in [-0.15, -0.1) is 0 Å². The molecule has 0 unspecified atom stereocenters. The van der Waals surface area contributed by atoms with Crippen LogP contribution >= 0.6 is 0 Å². The summed E-state index contributed by atoms with van der Waals surface area (Å²) >= 11 is 0. The summed E-state index contributed by atoms with van der Waals surface area (Å²) in [5.74, 6) is 1.28. The first-order valence-electron chi connectivity index (χ1n) is 6.69. The summed E-state index contributed by atoms with van der Waals surface area (Å²) in [6.45, 7) is 2.96. The smallest absolute Gasteiger partial charge is 0.231 e. The van der Waals surface area contributed by atoms with E-state index < -0.39 is 5.82 Å². The van der Waals surface area contributed by atoms with Crippen molar-refractivity contribution in [3.05, 3.63) is 30.2 Å². The molecule has 1 aliphatic heterocycles. The van der Waals surface area contributed by atoms with Crippen molar-refractivity contribution in [3.63, 3.8) is 0 Å². The summed E-state index contributed by atoms with van der Waals surface area (Å²) in [5, 5.41) is 5.93. The third-order valence-electron chi connectivity index (χ3n) is 2.91. The molecule has 2 aromatic rings. The van der Waals surface area contributed by atoms with Crippen LogP contribution in [0.15, 0.2) is 24.4 Å². The Bertz CT molecular complexity index is 651. The number of rotatable bonds is 5. The molecule has 2 N–H and O–H groups in total. The van der Waals surface area contributed by atoms with E-state index in [0.717, 1.165) is 19.2 Å². The quantitative estimate of drug-likeness (QED) is 0.882. The molecular weight excluding hydrogens is 275 g/mol. The molecule has 21 heavy (non-hydrogen) atoms. The topological polar surface area (TPSA) is 68.3 Å². The van der Waals surface area contributed by atoms with Gasteiger partial charge in [0.2, 0.25) is 12.7 Å². The van der Waals surface area contributed by atoms with Crippen LogP contribution in [-0.4, -0.2) is 23.3 Å². The van der Waals surface area contributed by atoms with Crippen LogP contribution in [-0.2, 0) is 0 Å². The van der Waals surface area contributed by atoms with Crippen LogP contribution in [0.3, 0.4) is 0 Å². The minimum absolute atomic E-state index is 0.113. The fourth-order valence-corrected chi connectivity index (χ4v) is 1.89. The van der Waals surface area contributed by atoms with Crippen molar-refractivity contribution >= 4 is 17.5 Å². The summed E-state index contributed by atoms with van der Waals surface area (Å²) in [6.07, 6.45) is 2.08. The summed E-state index contributed by atoms with van der Waals surface area (Å²) in [7, 11) is 0. The molecule has 0 atom stereocenters. The lowest BCUT2D eigenvalue weighted by Crippen LogP contribution is -2.07. The second kappa shape index (κ2) is 5.82. The first kappa shape index (κ1) is 13.4. The van der Waals surface area contributed by atoms with E-state index in [1.807, 2.05) is 6.92 Å². The molecular formula is C14H15FN4O2. The molecule has 1 aromatic carbocycles. The van der Waals surface area contributed by atoms with Gasteiger partial charge in [-0.05, 0) is 18.6 Å². The molecule has 0 amide bonds. The van der Waals surface area contributed by atoms with E-state index in [1.165, 1.54) is 0 Å². The average molecular weight is 290 g/mol. The third-order valence-corrected chi connectivity index (χ3v) is 2.91. The Labute approximate surface area is 121 Å². The Morgan fingerprint density at radius 2 is 2.14 bits per heavy atom. The molecule has 3 rings (SSSR count). The van der Waals surface area contributed by atoms with Crippen molar-refractivity contribution < 1.29 is 13.9 Å². The lowest BCUT2D eigenvalue weighted by Gasteiger charge is -2.09. The molecule has 1 aromatic heterocycles. The first-order valence-corrected chi connectivity index (χ1v) is 6.69. The molecule has 1 aliphatic rings. The monoisotopic (exact) mass is 290 g/mol. The highest BCUT2D eigenvalue weighted by Crippen LogP contribution is 2.35. The summed E-state index contributed by atoms with van der Waals surface area (Å²) in [5.41, 5.74) is 0.665. The number of aromatic nitrogens is 2. The van der Waals surface area contributed by atoms with Gasteiger partial charge in [0.05, 0.1) is 6.20 Å². The van der Waals surface area contributed by atoms with Crippen LogP contribution in [0.2, 0.25) is 0 Å². The van der Waals surface area contributed by atoms with Crippen molar-refractivity contribution in [1.29, 1.82) is 0 Å². The Kier molecular flexibility index (Phi) is 3.72. The number of nitrogens with one attached hydrogen (secondary N) is 2. The summed E-state index contributed by atoms with van der Waals surface area (Å²) in [4.78, 5) is 8.01. The summed E-state index contributed by atoms with van der Waals surface area (Å²) in [6, 6.07) is 5.28. The van der Waals surface area contributed by atoms with Gasteiger partial charge in [-0.2, -0.15) is 4.98 Å². The standard InChI is InChI=1S/C14H15FN4O2/c1-2-5-16-14-17-7-10(15)13(19-14)18-9-3-4-11-12(6-9)21-8-20-11/h3-4,6-7H,2,5,8H2,1H3,(H2,16,17,18,19). The number of nitrogens with zero attached hydrogens (tertiary/aromatic N) is 2. The van der Waals surface area contributed by atoms with E-state index in [4.69, 9.17) is 9.47 Å². The summed E-state index contributed by atoms with van der Waals surface area (Å²) < 4.78 is 24.3. The minimum atomic E-state index is -0.519. The number of benzene rings is 1. The van der Waals surface area contributed by atoms with Gasteiger partial charge in [0, 0.05) is 18.3 Å². The van der Waals surface area contributed by atoms with Gasteiger partial charge >= 0.3 is 0 Å². The van der Waals surface area contributed by atoms with E-state index >= 15 is 0 Å². The lowest BCUT2D eigenvalue weighted by molar-refractivity contribution is 0.174. The van der Waals surface area contributed by atoms with Gasteiger partial charge in [-0.1, -0.05) is 6.92 Å². The Morgan fingerprint density at radius 1 is 1.29 bits per heavy atom. The molecule has 6 nitrogen and oxygen atoms in total. The Morgan fingerprint density at radius 3 is 3.00 bits per heavy atom. The molecule has 0 radical (unpaired) electrons. The molecule has 0 saturated carbocycles. The second-order valence-electron chi connectivity index (χ2n) is 4.51. The fourth-order valence-electron chi connectivity index (χ4n) is 1.89. The highest BCUT2D eigenvalue weighted by Gasteiger charge is 2.14. The average Bonchev–Trinajstić information content (AvgIpc) is 2.95. The van der Waals surface area contributed by atoms with Crippen LogP contribution in [0.4, 0.5) is 21.8 Å². The van der Waals surface area contributed by atoms with Crippen LogP contribution in [0.5, 0.6) is 11.5 Å². The van der Waals surface area contributed by atoms with Crippen molar-refractivity contribution in [2.24, 2.45) is 0 Å². The van der Waals surface area contributed by atoms with Crippen molar-refractivity contribution in [2.75, 3.05) is 24.0 Å². The molecule has 7 heteroatoms. The molecule has 0 fully saturated rings. The number of hydrogen-bond donors (Lipinski definition) is 2. The molecule has 0 saturated heterocycles. The number of halogens is 1. The Hall–Kier alpha value is -2.57. The number of ether oxygens (including phenoxy) is 2. The third kappa shape index (κ3) is 2.96. The maximum atomic E-state index is 13.8. The maximum Gasteiger partial charge on any atom is 0.231 e. The first-order chi connectivity index (χ1) is 10.3. The van der Waals surface area contributed by atoms with Gasteiger partial charge in [-0.25, -0.2) is 9.37 Å². The van der Waals surface area contributed by atoms with Crippen LogP contribution < -0.4 is 20.1 Å². The predicted molar refractivity (Wildman–Crippen MR) is 76.6 cm³/mol. The van der Waals surface area contributed by atoms with E-state index in [1.54, 1.807) is 18.2 Å².